The number of hydrogen-bond acceptors (Lipinski definition) is 2. The summed E-state index contributed by atoms with van der Waals surface area (Å²) in [4.78, 5) is 4.97. The average Bonchev–Trinajstić information content (AvgIpc) is 3.58. The number of rotatable bonds is 3. The molecule has 0 spiro atoms. The highest BCUT2D eigenvalue weighted by atomic mass is 16.3. The van der Waals surface area contributed by atoms with E-state index in [1.165, 1.54) is 32.7 Å². The van der Waals surface area contributed by atoms with Crippen LogP contribution in [0.4, 0.5) is 0 Å². The summed E-state index contributed by atoms with van der Waals surface area (Å²) >= 11 is 0. The molecule has 0 saturated carbocycles. The Hall–Kier alpha value is -5.67. The fourth-order valence-electron chi connectivity index (χ4n) is 6.36. The molecule has 0 saturated heterocycles. The first kappa shape index (κ1) is 23.1. The molecule has 9 aromatic rings. The molecule has 0 N–H and O–H groups in total. The monoisotopic (exact) mass is 536 g/mol. The molecule has 0 aliphatic rings. The normalized spacial score (nSPS) is 11.8. The number of para-hydroxylation sites is 1. The van der Waals surface area contributed by atoms with E-state index in [4.69, 9.17) is 9.40 Å². The van der Waals surface area contributed by atoms with Gasteiger partial charge in [-0.15, -0.1) is 0 Å². The van der Waals surface area contributed by atoms with Crippen molar-refractivity contribution in [2.45, 2.75) is 0 Å². The van der Waals surface area contributed by atoms with Crippen LogP contribution in [0.25, 0.3) is 82.6 Å². The predicted molar refractivity (Wildman–Crippen MR) is 174 cm³/mol. The van der Waals surface area contributed by atoms with Gasteiger partial charge in [0.05, 0.1) is 11.0 Å². The highest BCUT2D eigenvalue weighted by Gasteiger charge is 2.16. The summed E-state index contributed by atoms with van der Waals surface area (Å²) in [6, 6.07) is 49.4. The Balaban J connectivity index is 1.27. The van der Waals surface area contributed by atoms with E-state index in [1.54, 1.807) is 0 Å². The van der Waals surface area contributed by atoms with Crippen molar-refractivity contribution in [3.05, 3.63) is 146 Å². The van der Waals surface area contributed by atoms with Crippen LogP contribution in [0.15, 0.2) is 150 Å². The second-order valence-corrected chi connectivity index (χ2v) is 10.9. The van der Waals surface area contributed by atoms with Crippen LogP contribution in [0.2, 0.25) is 0 Å². The van der Waals surface area contributed by atoms with Crippen LogP contribution < -0.4 is 0 Å². The lowest BCUT2D eigenvalue weighted by molar-refractivity contribution is 0.669. The molecule has 0 aliphatic heterocycles. The molecule has 6 aromatic carbocycles. The van der Waals surface area contributed by atoms with Crippen LogP contribution in [-0.4, -0.2) is 9.55 Å². The maximum absolute atomic E-state index is 6.09. The summed E-state index contributed by atoms with van der Waals surface area (Å²) in [7, 11) is 0. The van der Waals surface area contributed by atoms with Gasteiger partial charge < -0.3 is 4.42 Å². The molecule has 0 fully saturated rings. The maximum atomic E-state index is 6.09. The smallest absolute Gasteiger partial charge is 0.137 e. The molecule has 42 heavy (non-hydrogen) atoms. The molecule has 9 rings (SSSR count). The van der Waals surface area contributed by atoms with Crippen LogP contribution in [0, 0.1) is 0 Å². The first-order valence-corrected chi connectivity index (χ1v) is 14.2. The van der Waals surface area contributed by atoms with Gasteiger partial charge in [0.1, 0.15) is 17.0 Å². The lowest BCUT2D eigenvalue weighted by Gasteiger charge is -2.09. The molecule has 0 amide bonds. The zero-order valence-corrected chi connectivity index (χ0v) is 22.7. The minimum atomic E-state index is 0.906. The topological polar surface area (TPSA) is 31.0 Å². The molecule has 3 heterocycles. The lowest BCUT2D eigenvalue weighted by Crippen LogP contribution is -1.97. The number of pyridine rings is 1. The second kappa shape index (κ2) is 8.92. The summed E-state index contributed by atoms with van der Waals surface area (Å²) in [5.41, 5.74) is 8.73. The zero-order valence-electron chi connectivity index (χ0n) is 22.7. The minimum Gasteiger partial charge on any atom is -0.456 e. The van der Waals surface area contributed by atoms with Gasteiger partial charge in [-0.05, 0) is 82.1 Å². The highest BCUT2D eigenvalue weighted by molar-refractivity contribution is 6.14. The van der Waals surface area contributed by atoms with Gasteiger partial charge in [-0.3, -0.25) is 4.57 Å². The van der Waals surface area contributed by atoms with Gasteiger partial charge in [0.25, 0.3) is 0 Å². The van der Waals surface area contributed by atoms with Gasteiger partial charge >= 0.3 is 0 Å². The molecular formula is C39H24N2O. The molecule has 196 valence electrons. The van der Waals surface area contributed by atoms with Crippen molar-refractivity contribution in [2.75, 3.05) is 0 Å². The van der Waals surface area contributed by atoms with E-state index >= 15 is 0 Å². The summed E-state index contributed by atoms with van der Waals surface area (Å²) < 4.78 is 8.38. The molecule has 0 unspecified atom stereocenters. The van der Waals surface area contributed by atoms with Crippen LogP contribution in [0.5, 0.6) is 0 Å². The van der Waals surface area contributed by atoms with Crippen molar-refractivity contribution < 1.29 is 4.42 Å². The third-order valence-electron chi connectivity index (χ3n) is 8.43. The van der Waals surface area contributed by atoms with E-state index in [-0.39, 0.29) is 0 Å². The van der Waals surface area contributed by atoms with Crippen LogP contribution in [0.1, 0.15) is 0 Å². The molecule has 3 aromatic heterocycles. The zero-order chi connectivity index (χ0) is 27.6. The number of hydrogen-bond donors (Lipinski definition) is 0. The van der Waals surface area contributed by atoms with Crippen molar-refractivity contribution in [3.8, 4) is 28.1 Å². The van der Waals surface area contributed by atoms with Crippen LogP contribution >= 0.6 is 0 Å². The molecule has 0 bridgehead atoms. The van der Waals surface area contributed by atoms with E-state index in [9.17, 15) is 0 Å². The number of nitrogens with zero attached hydrogens (tertiary/aromatic N) is 2. The molecular weight excluding hydrogens is 512 g/mol. The van der Waals surface area contributed by atoms with Crippen molar-refractivity contribution >= 4 is 54.5 Å². The molecule has 0 radical (unpaired) electrons. The molecule has 3 nitrogen and oxygen atoms in total. The number of furan rings is 1. The summed E-state index contributed by atoms with van der Waals surface area (Å²) in [5, 5.41) is 7.15. The first-order valence-electron chi connectivity index (χ1n) is 14.2. The van der Waals surface area contributed by atoms with Gasteiger partial charge in [0, 0.05) is 33.3 Å². The molecule has 0 atom stereocenters. The largest absolute Gasteiger partial charge is 0.456 e. The summed E-state index contributed by atoms with van der Waals surface area (Å²) in [6.45, 7) is 0. The van der Waals surface area contributed by atoms with E-state index in [2.05, 4.69) is 126 Å². The van der Waals surface area contributed by atoms with Crippen LogP contribution in [0.3, 0.4) is 0 Å². The number of fused-ring (bicyclic) bond motifs is 7. The molecule has 3 heteroatoms. The minimum absolute atomic E-state index is 0.906. The van der Waals surface area contributed by atoms with Gasteiger partial charge in [-0.25, -0.2) is 4.98 Å². The Kier molecular flexibility index (Phi) is 4.90. The Morgan fingerprint density at radius 3 is 1.93 bits per heavy atom. The van der Waals surface area contributed by atoms with Crippen molar-refractivity contribution in [1.82, 2.24) is 9.55 Å². The van der Waals surface area contributed by atoms with E-state index in [1.807, 2.05) is 24.4 Å². The Labute approximate surface area is 241 Å². The van der Waals surface area contributed by atoms with E-state index < -0.39 is 0 Å². The summed E-state index contributed by atoms with van der Waals surface area (Å²) in [5.74, 6) is 0.906. The molecule has 0 aliphatic carbocycles. The lowest BCUT2D eigenvalue weighted by atomic mass is 10.00. The van der Waals surface area contributed by atoms with E-state index in [0.29, 0.717) is 0 Å². The summed E-state index contributed by atoms with van der Waals surface area (Å²) in [6.07, 6.45) is 1.97. The number of benzene rings is 6. The van der Waals surface area contributed by atoms with Crippen molar-refractivity contribution in [1.29, 1.82) is 0 Å². The van der Waals surface area contributed by atoms with Gasteiger partial charge in [-0.1, -0.05) is 84.9 Å². The van der Waals surface area contributed by atoms with Crippen molar-refractivity contribution in [3.63, 3.8) is 0 Å². The predicted octanol–water partition coefficient (Wildman–Crippen LogP) is 10.6. The fraction of sp³-hybridized carbons (Fsp3) is 0. The Bertz CT molecular complexity index is 2450. The number of aromatic nitrogens is 2. The first-order chi connectivity index (χ1) is 20.8. The average molecular weight is 537 g/mol. The third-order valence-corrected chi connectivity index (χ3v) is 8.43. The second-order valence-electron chi connectivity index (χ2n) is 10.9. The quantitative estimate of drug-likeness (QED) is 0.225. The van der Waals surface area contributed by atoms with E-state index in [0.717, 1.165) is 49.9 Å². The third kappa shape index (κ3) is 3.50. The fourth-order valence-corrected chi connectivity index (χ4v) is 6.36. The van der Waals surface area contributed by atoms with Crippen molar-refractivity contribution in [2.24, 2.45) is 0 Å². The van der Waals surface area contributed by atoms with Gasteiger partial charge in [-0.2, -0.15) is 0 Å². The Morgan fingerprint density at radius 2 is 1.10 bits per heavy atom. The van der Waals surface area contributed by atoms with Crippen LogP contribution in [-0.2, 0) is 0 Å². The van der Waals surface area contributed by atoms with Gasteiger partial charge in [0.2, 0.25) is 0 Å². The maximum Gasteiger partial charge on any atom is 0.137 e. The van der Waals surface area contributed by atoms with Gasteiger partial charge in [0.15, 0.2) is 0 Å². The standard InChI is InChI=1S/C39H24N2O/c1-2-8-25(9-3-1)30-16-19-39(40-24-30)41-35-17-14-28(21-32(35)33-20-26-10-4-5-11-27(26)23-36(33)41)29-15-18-38-34(22-29)31-12-6-7-13-37(31)42-38/h1-24H. The highest BCUT2D eigenvalue weighted by Crippen LogP contribution is 2.38. The SMILES string of the molecule is c1ccc(-c2ccc(-n3c4ccc(-c5ccc6oc7ccccc7c6c5)cc4c4cc5ccccc5cc43)nc2)cc1. The Morgan fingerprint density at radius 1 is 0.429 bits per heavy atom.